The molecule has 6 nitrogen and oxygen atoms in total. The molecule has 0 aliphatic heterocycles. The summed E-state index contributed by atoms with van der Waals surface area (Å²) in [5, 5.41) is 8.82. The van der Waals surface area contributed by atoms with Crippen LogP contribution in [0.5, 0.6) is 0 Å². The minimum absolute atomic E-state index is 0.0782. The van der Waals surface area contributed by atoms with Gasteiger partial charge in [0.2, 0.25) is 0 Å². The fourth-order valence-corrected chi connectivity index (χ4v) is 4.44. The van der Waals surface area contributed by atoms with Crippen LogP contribution in [0.3, 0.4) is 0 Å². The van der Waals surface area contributed by atoms with Crippen molar-refractivity contribution in [2.75, 3.05) is 0 Å². The van der Waals surface area contributed by atoms with Crippen molar-refractivity contribution < 1.29 is 13.2 Å². The van der Waals surface area contributed by atoms with Gasteiger partial charge in [-0.3, -0.25) is 10.2 Å². The van der Waals surface area contributed by atoms with E-state index >= 15 is 0 Å². The van der Waals surface area contributed by atoms with E-state index in [1.807, 2.05) is 12.1 Å². The number of sulfonamides is 1. The summed E-state index contributed by atoms with van der Waals surface area (Å²) in [5.41, 5.74) is 3.62. The van der Waals surface area contributed by atoms with Crippen LogP contribution in [0.15, 0.2) is 35.2 Å². The number of aryl methyl sites for hydroxylation is 2. The third kappa shape index (κ3) is 3.27. The van der Waals surface area contributed by atoms with Crippen molar-refractivity contribution in [3.8, 4) is 6.07 Å². The highest BCUT2D eigenvalue weighted by Crippen LogP contribution is 2.30. The molecule has 1 aliphatic rings. The lowest BCUT2D eigenvalue weighted by atomic mass is 10.2. The first-order chi connectivity index (χ1) is 11.0. The number of thiophene rings is 1. The van der Waals surface area contributed by atoms with Crippen molar-refractivity contribution in [2.24, 2.45) is 0 Å². The molecule has 3 rings (SSSR count). The molecule has 0 saturated carbocycles. The van der Waals surface area contributed by atoms with E-state index in [0.29, 0.717) is 4.88 Å². The molecule has 23 heavy (non-hydrogen) atoms. The molecule has 0 fully saturated rings. The number of nitrogens with zero attached hydrogens (tertiary/aromatic N) is 1. The summed E-state index contributed by atoms with van der Waals surface area (Å²) in [6.45, 7) is 0. The second kappa shape index (κ2) is 6.12. The number of carbonyl (C=O) groups is 1. The highest BCUT2D eigenvalue weighted by molar-refractivity contribution is 7.89. The van der Waals surface area contributed by atoms with Crippen molar-refractivity contribution >= 4 is 27.3 Å². The molecular weight excluding hydrogens is 334 g/mol. The number of nitriles is 1. The van der Waals surface area contributed by atoms with Crippen LogP contribution in [0.4, 0.5) is 0 Å². The fourth-order valence-electron chi connectivity index (χ4n) is 2.41. The lowest BCUT2D eigenvalue weighted by Gasteiger charge is -2.07. The standard InChI is InChI=1S/C15H13N3O3S2/c16-9-10-3-1-5-12(7-10)23(20,21)18-17-15(19)14-8-11-4-2-6-13(11)22-14/h1,3,5,7-8,18H,2,4,6H2,(H,17,19). The van der Waals surface area contributed by atoms with Crippen LogP contribution >= 0.6 is 11.3 Å². The van der Waals surface area contributed by atoms with E-state index in [9.17, 15) is 13.2 Å². The Morgan fingerprint density at radius 3 is 2.83 bits per heavy atom. The molecule has 0 radical (unpaired) electrons. The van der Waals surface area contributed by atoms with E-state index in [-0.39, 0.29) is 10.5 Å². The molecule has 2 N–H and O–H groups in total. The van der Waals surface area contributed by atoms with E-state index in [1.54, 1.807) is 0 Å². The summed E-state index contributed by atoms with van der Waals surface area (Å²) in [6, 6.07) is 9.26. The number of carbonyl (C=O) groups excluding carboxylic acids is 1. The number of hydrazine groups is 1. The van der Waals surface area contributed by atoms with Gasteiger partial charge in [0.15, 0.2) is 0 Å². The fraction of sp³-hybridized carbons (Fsp3) is 0.200. The Balaban J connectivity index is 1.71. The van der Waals surface area contributed by atoms with E-state index in [2.05, 4.69) is 10.3 Å². The Kier molecular flexibility index (Phi) is 4.17. The van der Waals surface area contributed by atoms with Crippen LogP contribution in [0.1, 0.15) is 32.1 Å². The second-order valence-corrected chi connectivity index (χ2v) is 7.93. The summed E-state index contributed by atoms with van der Waals surface area (Å²) < 4.78 is 24.3. The molecule has 8 heteroatoms. The van der Waals surface area contributed by atoms with Crippen molar-refractivity contribution in [3.05, 3.63) is 51.2 Å². The van der Waals surface area contributed by atoms with Crippen LogP contribution in [0, 0.1) is 11.3 Å². The molecule has 1 heterocycles. The molecule has 0 saturated heterocycles. The first-order valence-electron chi connectivity index (χ1n) is 6.93. The predicted molar refractivity (Wildman–Crippen MR) is 85.3 cm³/mol. The van der Waals surface area contributed by atoms with Gasteiger partial charge in [0.05, 0.1) is 21.4 Å². The van der Waals surface area contributed by atoms with Crippen LogP contribution in [0.25, 0.3) is 0 Å². The lowest BCUT2D eigenvalue weighted by Crippen LogP contribution is -2.41. The second-order valence-electron chi connectivity index (χ2n) is 5.11. The molecule has 0 atom stereocenters. The normalized spacial score (nSPS) is 13.3. The predicted octanol–water partition coefficient (Wildman–Crippen LogP) is 1.73. The Morgan fingerprint density at radius 1 is 1.26 bits per heavy atom. The number of hydrogen-bond donors (Lipinski definition) is 2. The molecule has 118 valence electrons. The van der Waals surface area contributed by atoms with Crippen LogP contribution in [-0.4, -0.2) is 14.3 Å². The molecular formula is C15H13N3O3S2. The molecule has 2 aromatic rings. The van der Waals surface area contributed by atoms with Crippen molar-refractivity contribution in [3.63, 3.8) is 0 Å². The summed E-state index contributed by atoms with van der Waals surface area (Å²) in [7, 11) is -3.92. The van der Waals surface area contributed by atoms with Gasteiger partial charge in [-0.25, -0.2) is 8.42 Å². The quantitative estimate of drug-likeness (QED) is 0.823. The van der Waals surface area contributed by atoms with Crippen LogP contribution < -0.4 is 10.3 Å². The molecule has 1 amide bonds. The highest BCUT2D eigenvalue weighted by atomic mass is 32.2. The highest BCUT2D eigenvalue weighted by Gasteiger charge is 2.20. The monoisotopic (exact) mass is 347 g/mol. The summed E-state index contributed by atoms with van der Waals surface area (Å²) in [6.07, 6.45) is 3.04. The van der Waals surface area contributed by atoms with E-state index in [0.717, 1.165) is 19.3 Å². The third-order valence-electron chi connectivity index (χ3n) is 3.54. The average molecular weight is 347 g/mol. The third-order valence-corrected chi connectivity index (χ3v) is 6.02. The Morgan fingerprint density at radius 2 is 2.09 bits per heavy atom. The first-order valence-corrected chi connectivity index (χ1v) is 9.23. The van der Waals surface area contributed by atoms with Crippen molar-refractivity contribution in [1.82, 2.24) is 10.3 Å². The van der Waals surface area contributed by atoms with Gasteiger partial charge in [-0.1, -0.05) is 6.07 Å². The molecule has 1 aliphatic carbocycles. The van der Waals surface area contributed by atoms with Gasteiger partial charge in [-0.2, -0.15) is 5.26 Å². The van der Waals surface area contributed by atoms with Gasteiger partial charge < -0.3 is 0 Å². The molecule has 0 spiro atoms. The largest absolute Gasteiger partial charge is 0.276 e. The Labute approximate surface area is 137 Å². The Bertz CT molecular complexity index is 889. The summed E-state index contributed by atoms with van der Waals surface area (Å²) in [4.78, 5) is 15.7. The molecule has 1 aromatic heterocycles. The number of rotatable bonds is 4. The first kappa shape index (κ1) is 15.7. The zero-order valence-electron chi connectivity index (χ0n) is 12.0. The minimum atomic E-state index is -3.92. The average Bonchev–Trinajstić information content (AvgIpc) is 3.14. The molecule has 0 unspecified atom stereocenters. The van der Waals surface area contributed by atoms with Crippen LogP contribution in [0.2, 0.25) is 0 Å². The smallest absolute Gasteiger partial charge is 0.273 e. The number of benzene rings is 1. The van der Waals surface area contributed by atoms with Crippen molar-refractivity contribution in [2.45, 2.75) is 24.2 Å². The summed E-state index contributed by atoms with van der Waals surface area (Å²) >= 11 is 1.39. The summed E-state index contributed by atoms with van der Waals surface area (Å²) in [5.74, 6) is -0.482. The number of fused-ring (bicyclic) bond motifs is 1. The van der Waals surface area contributed by atoms with Gasteiger partial charge in [0.1, 0.15) is 0 Å². The number of hydrogen-bond acceptors (Lipinski definition) is 5. The minimum Gasteiger partial charge on any atom is -0.273 e. The van der Waals surface area contributed by atoms with Crippen LogP contribution in [-0.2, 0) is 22.9 Å². The van der Waals surface area contributed by atoms with Gasteiger partial charge in [-0.15, -0.1) is 16.2 Å². The van der Waals surface area contributed by atoms with Gasteiger partial charge in [0, 0.05) is 4.88 Å². The maximum absolute atomic E-state index is 12.1. The number of nitrogens with one attached hydrogen (secondary N) is 2. The topological polar surface area (TPSA) is 99.1 Å². The maximum Gasteiger partial charge on any atom is 0.276 e. The molecule has 0 bridgehead atoms. The SMILES string of the molecule is N#Cc1cccc(S(=O)(=O)NNC(=O)c2cc3c(s2)CCC3)c1. The Hall–Kier alpha value is -2.21. The van der Waals surface area contributed by atoms with Gasteiger partial charge >= 0.3 is 0 Å². The van der Waals surface area contributed by atoms with E-state index in [4.69, 9.17) is 5.26 Å². The number of amides is 1. The zero-order chi connectivity index (χ0) is 16.4. The maximum atomic E-state index is 12.1. The van der Waals surface area contributed by atoms with Gasteiger partial charge in [-0.05, 0) is 49.1 Å². The van der Waals surface area contributed by atoms with E-state index in [1.165, 1.54) is 46.0 Å². The van der Waals surface area contributed by atoms with Crippen molar-refractivity contribution in [1.29, 1.82) is 5.26 Å². The lowest BCUT2D eigenvalue weighted by molar-refractivity contribution is 0.0949. The van der Waals surface area contributed by atoms with Gasteiger partial charge in [0.25, 0.3) is 15.9 Å². The van der Waals surface area contributed by atoms with E-state index < -0.39 is 15.9 Å². The zero-order valence-corrected chi connectivity index (χ0v) is 13.6. The molecule has 1 aromatic carbocycles.